The fourth-order valence-electron chi connectivity index (χ4n) is 2.16. The van der Waals surface area contributed by atoms with E-state index in [1.165, 1.54) is 18.2 Å². The van der Waals surface area contributed by atoms with Crippen LogP contribution in [0.1, 0.15) is 33.6 Å². The van der Waals surface area contributed by atoms with E-state index in [9.17, 15) is 18.5 Å². The van der Waals surface area contributed by atoms with Crippen LogP contribution in [0.15, 0.2) is 23.1 Å². The summed E-state index contributed by atoms with van der Waals surface area (Å²) in [4.78, 5) is 10.3. The number of sulfone groups is 1. The van der Waals surface area contributed by atoms with Gasteiger partial charge in [-0.15, -0.1) is 0 Å². The molecule has 0 saturated carbocycles. The molecule has 0 aliphatic carbocycles. The Labute approximate surface area is 119 Å². The maximum Gasteiger partial charge on any atom is 0.310 e. The zero-order valence-electron chi connectivity index (χ0n) is 12.1. The minimum atomic E-state index is -3.65. The molecule has 20 heavy (non-hydrogen) atoms. The third-order valence-electron chi connectivity index (χ3n) is 2.93. The Balaban J connectivity index is 3.38. The van der Waals surface area contributed by atoms with E-state index in [2.05, 4.69) is 5.32 Å². The van der Waals surface area contributed by atoms with Crippen molar-refractivity contribution in [3.05, 3.63) is 28.3 Å². The summed E-state index contributed by atoms with van der Waals surface area (Å²) in [5, 5.41) is 14.3. The summed E-state index contributed by atoms with van der Waals surface area (Å²) in [6.07, 6.45) is 2.70. The van der Waals surface area contributed by atoms with Gasteiger partial charge in [0.05, 0.1) is 4.92 Å². The monoisotopic (exact) mass is 300 g/mol. The molecule has 1 aromatic rings. The Morgan fingerprint density at radius 1 is 1.35 bits per heavy atom. The molecule has 0 radical (unpaired) electrons. The number of nitro groups is 1. The van der Waals surface area contributed by atoms with Crippen LogP contribution in [0.2, 0.25) is 0 Å². The van der Waals surface area contributed by atoms with Gasteiger partial charge in [0.1, 0.15) is 10.6 Å². The zero-order chi connectivity index (χ0) is 15.6. The van der Waals surface area contributed by atoms with Gasteiger partial charge in [-0.1, -0.05) is 19.4 Å². The van der Waals surface area contributed by atoms with Gasteiger partial charge in [-0.2, -0.15) is 0 Å². The van der Waals surface area contributed by atoms with Gasteiger partial charge in [-0.3, -0.25) is 10.1 Å². The largest absolute Gasteiger partial charge is 0.375 e. The first-order valence-corrected chi connectivity index (χ1v) is 8.23. The van der Waals surface area contributed by atoms with Crippen LogP contribution in [-0.2, 0) is 9.84 Å². The number of hydrogen-bond donors (Lipinski definition) is 1. The van der Waals surface area contributed by atoms with Crippen LogP contribution in [0.3, 0.4) is 0 Å². The van der Waals surface area contributed by atoms with E-state index in [0.717, 1.165) is 19.1 Å². The topological polar surface area (TPSA) is 89.3 Å². The molecule has 112 valence electrons. The first-order chi connectivity index (χ1) is 9.08. The SMILES string of the molecule is CCCC(C)(C)Nc1cccc(S(C)(=O)=O)c1[N+](=O)[O-]. The van der Waals surface area contributed by atoms with Gasteiger partial charge in [0.2, 0.25) is 0 Å². The van der Waals surface area contributed by atoms with E-state index >= 15 is 0 Å². The smallest absolute Gasteiger partial charge is 0.310 e. The fraction of sp³-hybridized carbons (Fsp3) is 0.538. The molecule has 0 atom stereocenters. The summed E-state index contributed by atoms with van der Waals surface area (Å²) in [6, 6.07) is 4.30. The molecule has 0 saturated heterocycles. The number of nitro benzene ring substituents is 1. The Bertz CT molecular complexity index is 609. The zero-order valence-corrected chi connectivity index (χ0v) is 13.0. The lowest BCUT2D eigenvalue weighted by Gasteiger charge is -2.27. The molecule has 1 aromatic carbocycles. The molecule has 0 heterocycles. The highest BCUT2D eigenvalue weighted by Crippen LogP contribution is 2.34. The number of anilines is 1. The summed E-state index contributed by atoms with van der Waals surface area (Å²) in [6.45, 7) is 5.87. The van der Waals surface area contributed by atoms with Gasteiger partial charge in [0, 0.05) is 11.8 Å². The van der Waals surface area contributed by atoms with Crippen LogP contribution < -0.4 is 5.32 Å². The second-order valence-electron chi connectivity index (χ2n) is 5.44. The van der Waals surface area contributed by atoms with E-state index in [1.54, 1.807) is 0 Å². The Morgan fingerprint density at radius 3 is 2.40 bits per heavy atom. The van der Waals surface area contributed by atoms with Gasteiger partial charge < -0.3 is 5.32 Å². The first kappa shape index (κ1) is 16.4. The minimum Gasteiger partial charge on any atom is -0.375 e. The molecule has 0 aliphatic heterocycles. The fourth-order valence-corrected chi connectivity index (χ4v) is 3.02. The summed E-state index contributed by atoms with van der Waals surface area (Å²) in [5.41, 5.74) is -0.508. The maximum atomic E-state index is 11.7. The maximum absolute atomic E-state index is 11.7. The summed E-state index contributed by atoms with van der Waals surface area (Å²) in [7, 11) is -3.65. The quantitative estimate of drug-likeness (QED) is 0.644. The molecule has 7 heteroatoms. The van der Waals surface area contributed by atoms with Crippen molar-refractivity contribution in [1.82, 2.24) is 0 Å². The number of rotatable bonds is 6. The highest BCUT2D eigenvalue weighted by molar-refractivity contribution is 7.90. The summed E-state index contributed by atoms with van der Waals surface area (Å²) >= 11 is 0. The lowest BCUT2D eigenvalue weighted by atomic mass is 9.98. The van der Waals surface area contributed by atoms with Crippen LogP contribution in [0.5, 0.6) is 0 Å². The number of nitrogens with one attached hydrogen (secondary N) is 1. The minimum absolute atomic E-state index is 0.233. The van der Waals surface area contributed by atoms with Crippen molar-refractivity contribution in [3.8, 4) is 0 Å². The van der Waals surface area contributed by atoms with Crippen molar-refractivity contribution in [2.75, 3.05) is 11.6 Å². The van der Waals surface area contributed by atoms with Crippen molar-refractivity contribution in [3.63, 3.8) is 0 Å². The first-order valence-electron chi connectivity index (χ1n) is 6.34. The van der Waals surface area contributed by atoms with Crippen LogP contribution in [-0.4, -0.2) is 25.1 Å². The van der Waals surface area contributed by atoms with E-state index in [1.807, 2.05) is 20.8 Å². The lowest BCUT2D eigenvalue weighted by molar-refractivity contribution is -0.386. The number of para-hydroxylation sites is 1. The predicted octanol–water partition coefficient (Wildman–Crippen LogP) is 2.99. The van der Waals surface area contributed by atoms with Crippen LogP contribution >= 0.6 is 0 Å². The average Bonchev–Trinajstić information content (AvgIpc) is 2.26. The van der Waals surface area contributed by atoms with E-state index < -0.39 is 14.8 Å². The molecular weight excluding hydrogens is 280 g/mol. The number of nitrogens with zero attached hydrogens (tertiary/aromatic N) is 1. The van der Waals surface area contributed by atoms with E-state index in [-0.39, 0.29) is 21.8 Å². The van der Waals surface area contributed by atoms with Crippen LogP contribution in [0.4, 0.5) is 11.4 Å². The Kier molecular flexibility index (Phi) is 4.75. The van der Waals surface area contributed by atoms with Gasteiger partial charge in [-0.05, 0) is 32.4 Å². The van der Waals surface area contributed by atoms with Crippen molar-refractivity contribution in [2.24, 2.45) is 0 Å². The van der Waals surface area contributed by atoms with Crippen LogP contribution in [0.25, 0.3) is 0 Å². The molecular formula is C13H20N2O4S. The normalized spacial score (nSPS) is 12.2. The van der Waals surface area contributed by atoms with Gasteiger partial charge >= 0.3 is 5.69 Å². The van der Waals surface area contributed by atoms with Crippen LogP contribution in [0, 0.1) is 10.1 Å². The van der Waals surface area contributed by atoms with Crippen molar-refractivity contribution in [2.45, 2.75) is 44.0 Å². The lowest BCUT2D eigenvalue weighted by Crippen LogP contribution is -2.31. The number of hydrogen-bond acceptors (Lipinski definition) is 5. The van der Waals surface area contributed by atoms with Gasteiger partial charge in [-0.25, -0.2) is 8.42 Å². The van der Waals surface area contributed by atoms with Gasteiger partial charge in [0.15, 0.2) is 9.84 Å². The third kappa shape index (κ3) is 3.93. The predicted molar refractivity (Wildman–Crippen MR) is 78.8 cm³/mol. The van der Waals surface area contributed by atoms with Gasteiger partial charge in [0.25, 0.3) is 0 Å². The second kappa shape index (κ2) is 5.78. The Morgan fingerprint density at radius 2 is 1.95 bits per heavy atom. The number of benzene rings is 1. The highest BCUT2D eigenvalue weighted by Gasteiger charge is 2.28. The average molecular weight is 300 g/mol. The molecule has 0 bridgehead atoms. The molecule has 0 amide bonds. The molecule has 1 N–H and O–H groups in total. The standard InChI is InChI=1S/C13H20N2O4S/c1-5-9-13(2,3)14-10-7-6-8-11(20(4,18)19)12(10)15(16)17/h6-8,14H,5,9H2,1-4H3. The summed E-state index contributed by atoms with van der Waals surface area (Å²) < 4.78 is 23.3. The third-order valence-corrected chi connectivity index (χ3v) is 4.06. The van der Waals surface area contributed by atoms with Crippen molar-refractivity contribution in [1.29, 1.82) is 0 Å². The highest BCUT2D eigenvalue weighted by atomic mass is 32.2. The molecule has 0 unspecified atom stereocenters. The van der Waals surface area contributed by atoms with E-state index in [0.29, 0.717) is 0 Å². The Hall–Kier alpha value is -1.63. The van der Waals surface area contributed by atoms with E-state index in [4.69, 9.17) is 0 Å². The van der Waals surface area contributed by atoms with Crippen molar-refractivity contribution >= 4 is 21.2 Å². The second-order valence-corrected chi connectivity index (χ2v) is 7.42. The molecule has 0 aromatic heterocycles. The molecule has 0 spiro atoms. The molecule has 0 aliphatic rings. The molecule has 6 nitrogen and oxygen atoms in total. The summed E-state index contributed by atoms with van der Waals surface area (Å²) in [5.74, 6) is 0. The molecule has 1 rings (SSSR count). The van der Waals surface area contributed by atoms with Crippen molar-refractivity contribution < 1.29 is 13.3 Å². The molecule has 0 fully saturated rings.